The van der Waals surface area contributed by atoms with Gasteiger partial charge in [0.05, 0.1) is 0 Å². The van der Waals surface area contributed by atoms with E-state index in [0.717, 1.165) is 12.8 Å². The van der Waals surface area contributed by atoms with Gasteiger partial charge in [-0.2, -0.15) is 0 Å². The molecule has 0 bridgehead atoms. The van der Waals surface area contributed by atoms with E-state index in [1.54, 1.807) is 0 Å². The molecule has 2 N–H and O–H groups in total. The van der Waals surface area contributed by atoms with Crippen molar-refractivity contribution in [3.63, 3.8) is 0 Å². The van der Waals surface area contributed by atoms with E-state index in [1.807, 2.05) is 11.8 Å². The average Bonchev–Trinajstić information content (AvgIpc) is 2.17. The lowest BCUT2D eigenvalue weighted by Crippen LogP contribution is -2.42. The molecule has 3 nitrogen and oxygen atoms in total. The minimum atomic E-state index is 0.221. The van der Waals surface area contributed by atoms with Crippen molar-refractivity contribution in [2.45, 2.75) is 46.1 Å². The van der Waals surface area contributed by atoms with Crippen molar-refractivity contribution in [3.8, 4) is 0 Å². The summed E-state index contributed by atoms with van der Waals surface area (Å²) in [5.41, 5.74) is 5.48. The van der Waals surface area contributed by atoms with E-state index in [4.69, 9.17) is 5.73 Å². The normalized spacial score (nSPS) is 10.5. The molecule has 0 rings (SSSR count). The lowest BCUT2D eigenvalue weighted by Gasteiger charge is -2.29. The maximum Gasteiger partial charge on any atom is 0.222 e. The van der Waals surface area contributed by atoms with Gasteiger partial charge in [-0.15, -0.1) is 0 Å². The SMILES string of the molecule is CCC(=O)N(CCN)C(CC)CC. The monoisotopic (exact) mass is 186 g/mol. The van der Waals surface area contributed by atoms with Gasteiger partial charge >= 0.3 is 0 Å². The van der Waals surface area contributed by atoms with E-state index in [2.05, 4.69) is 13.8 Å². The van der Waals surface area contributed by atoms with E-state index in [9.17, 15) is 4.79 Å². The zero-order valence-corrected chi connectivity index (χ0v) is 9.05. The van der Waals surface area contributed by atoms with Crippen molar-refractivity contribution < 1.29 is 4.79 Å². The molecule has 0 atom stereocenters. The van der Waals surface area contributed by atoms with Gasteiger partial charge in [0, 0.05) is 25.6 Å². The molecular weight excluding hydrogens is 164 g/mol. The average molecular weight is 186 g/mol. The number of amides is 1. The van der Waals surface area contributed by atoms with Crippen molar-refractivity contribution in [3.05, 3.63) is 0 Å². The number of nitrogens with two attached hydrogens (primary N) is 1. The number of hydrogen-bond acceptors (Lipinski definition) is 2. The Hall–Kier alpha value is -0.570. The van der Waals surface area contributed by atoms with E-state index in [1.165, 1.54) is 0 Å². The molecule has 1 amide bonds. The Bertz CT molecular complexity index is 144. The molecule has 0 radical (unpaired) electrons. The largest absolute Gasteiger partial charge is 0.338 e. The third-order valence-electron chi connectivity index (χ3n) is 2.38. The van der Waals surface area contributed by atoms with Crippen LogP contribution in [0.4, 0.5) is 0 Å². The van der Waals surface area contributed by atoms with Gasteiger partial charge in [0.1, 0.15) is 0 Å². The first-order valence-electron chi connectivity index (χ1n) is 5.20. The van der Waals surface area contributed by atoms with Crippen LogP contribution in [0.1, 0.15) is 40.0 Å². The van der Waals surface area contributed by atoms with Crippen LogP contribution in [-0.2, 0) is 4.79 Å². The number of rotatable bonds is 6. The van der Waals surface area contributed by atoms with Gasteiger partial charge in [-0.05, 0) is 12.8 Å². The highest BCUT2D eigenvalue weighted by Crippen LogP contribution is 2.09. The van der Waals surface area contributed by atoms with Gasteiger partial charge in [-0.1, -0.05) is 20.8 Å². The van der Waals surface area contributed by atoms with E-state index in [0.29, 0.717) is 25.6 Å². The van der Waals surface area contributed by atoms with Crippen LogP contribution in [0.5, 0.6) is 0 Å². The van der Waals surface area contributed by atoms with Crippen LogP contribution in [0.3, 0.4) is 0 Å². The predicted molar refractivity (Wildman–Crippen MR) is 55.4 cm³/mol. The number of nitrogens with zero attached hydrogens (tertiary/aromatic N) is 1. The topological polar surface area (TPSA) is 46.3 Å². The van der Waals surface area contributed by atoms with Crippen molar-refractivity contribution in [2.75, 3.05) is 13.1 Å². The number of carbonyl (C=O) groups excluding carboxylic acids is 1. The zero-order chi connectivity index (χ0) is 10.3. The Morgan fingerprint density at radius 2 is 1.85 bits per heavy atom. The highest BCUT2D eigenvalue weighted by atomic mass is 16.2. The summed E-state index contributed by atoms with van der Waals surface area (Å²) >= 11 is 0. The van der Waals surface area contributed by atoms with E-state index < -0.39 is 0 Å². The number of hydrogen-bond donors (Lipinski definition) is 1. The predicted octanol–water partition coefficient (Wildman–Crippen LogP) is 1.37. The molecule has 0 aromatic carbocycles. The highest BCUT2D eigenvalue weighted by Gasteiger charge is 2.18. The fraction of sp³-hybridized carbons (Fsp3) is 0.900. The molecule has 0 aromatic heterocycles. The standard InChI is InChI=1S/C10H22N2O/c1-4-9(5-2)12(8-7-11)10(13)6-3/h9H,4-8,11H2,1-3H3. The molecule has 0 unspecified atom stereocenters. The van der Waals surface area contributed by atoms with E-state index >= 15 is 0 Å². The summed E-state index contributed by atoms with van der Waals surface area (Å²) in [6, 6.07) is 0.371. The summed E-state index contributed by atoms with van der Waals surface area (Å²) in [6.45, 7) is 7.37. The van der Waals surface area contributed by atoms with Crippen LogP contribution in [0.25, 0.3) is 0 Å². The van der Waals surface area contributed by atoms with Gasteiger partial charge in [0.15, 0.2) is 0 Å². The van der Waals surface area contributed by atoms with Crippen LogP contribution in [-0.4, -0.2) is 29.9 Å². The molecule has 0 heterocycles. The van der Waals surface area contributed by atoms with Crippen LogP contribution in [0.15, 0.2) is 0 Å². The molecule has 0 aliphatic carbocycles. The first kappa shape index (κ1) is 12.4. The molecule has 0 fully saturated rings. The lowest BCUT2D eigenvalue weighted by atomic mass is 10.1. The summed E-state index contributed by atoms with van der Waals surface area (Å²) in [4.78, 5) is 13.4. The Morgan fingerprint density at radius 3 is 2.15 bits per heavy atom. The summed E-state index contributed by atoms with van der Waals surface area (Å²) in [5.74, 6) is 0.221. The molecule has 0 aliphatic rings. The Morgan fingerprint density at radius 1 is 1.31 bits per heavy atom. The van der Waals surface area contributed by atoms with Gasteiger partial charge < -0.3 is 10.6 Å². The molecule has 0 saturated heterocycles. The molecule has 0 aromatic rings. The summed E-state index contributed by atoms with van der Waals surface area (Å²) < 4.78 is 0. The van der Waals surface area contributed by atoms with Crippen LogP contribution >= 0.6 is 0 Å². The summed E-state index contributed by atoms with van der Waals surface area (Å²) in [6.07, 6.45) is 2.61. The maximum atomic E-state index is 11.5. The molecule has 0 spiro atoms. The second-order valence-corrected chi connectivity index (χ2v) is 3.20. The second-order valence-electron chi connectivity index (χ2n) is 3.20. The van der Waals surface area contributed by atoms with Gasteiger partial charge in [0.2, 0.25) is 5.91 Å². The first-order chi connectivity index (χ1) is 6.21. The minimum absolute atomic E-state index is 0.221. The molecule has 3 heteroatoms. The summed E-state index contributed by atoms with van der Waals surface area (Å²) in [7, 11) is 0. The van der Waals surface area contributed by atoms with Gasteiger partial charge in [-0.25, -0.2) is 0 Å². The Kier molecular flexibility index (Phi) is 6.59. The van der Waals surface area contributed by atoms with Crippen LogP contribution in [0.2, 0.25) is 0 Å². The Balaban J connectivity index is 4.28. The molecule has 13 heavy (non-hydrogen) atoms. The minimum Gasteiger partial charge on any atom is -0.338 e. The molecule has 0 saturated carbocycles. The highest BCUT2D eigenvalue weighted by molar-refractivity contribution is 5.76. The fourth-order valence-corrected chi connectivity index (χ4v) is 1.58. The van der Waals surface area contributed by atoms with E-state index in [-0.39, 0.29) is 5.91 Å². The number of carbonyl (C=O) groups is 1. The molecule has 78 valence electrons. The van der Waals surface area contributed by atoms with Crippen molar-refractivity contribution in [1.82, 2.24) is 4.90 Å². The second kappa shape index (κ2) is 6.89. The lowest BCUT2D eigenvalue weighted by molar-refractivity contribution is -0.133. The third kappa shape index (κ3) is 3.77. The van der Waals surface area contributed by atoms with Gasteiger partial charge in [0.25, 0.3) is 0 Å². The van der Waals surface area contributed by atoms with Crippen molar-refractivity contribution in [1.29, 1.82) is 0 Å². The maximum absolute atomic E-state index is 11.5. The van der Waals surface area contributed by atoms with Crippen molar-refractivity contribution in [2.24, 2.45) is 5.73 Å². The first-order valence-corrected chi connectivity index (χ1v) is 5.20. The fourth-order valence-electron chi connectivity index (χ4n) is 1.58. The molecule has 0 aliphatic heterocycles. The molecular formula is C10H22N2O. The van der Waals surface area contributed by atoms with Gasteiger partial charge in [-0.3, -0.25) is 4.79 Å². The van der Waals surface area contributed by atoms with Crippen molar-refractivity contribution >= 4 is 5.91 Å². The Labute approximate surface area is 81.3 Å². The third-order valence-corrected chi connectivity index (χ3v) is 2.38. The van der Waals surface area contributed by atoms with Crippen LogP contribution < -0.4 is 5.73 Å². The summed E-state index contributed by atoms with van der Waals surface area (Å²) in [5, 5.41) is 0. The quantitative estimate of drug-likeness (QED) is 0.681. The van der Waals surface area contributed by atoms with Crippen LogP contribution in [0, 0.1) is 0 Å². The smallest absolute Gasteiger partial charge is 0.222 e. The zero-order valence-electron chi connectivity index (χ0n) is 9.05.